The number of hydrogen-bond donors (Lipinski definition) is 0. The van der Waals surface area contributed by atoms with E-state index in [4.69, 9.17) is 0 Å². The molecule has 0 amide bonds. The molecule has 1 aromatic heterocycles. The smallest absolute Gasteiger partial charge is 0.0372 e. The van der Waals surface area contributed by atoms with Crippen molar-refractivity contribution < 1.29 is 0 Å². The minimum atomic E-state index is 0.801. The lowest BCUT2D eigenvalue weighted by atomic mass is 9.94. The number of pyridine rings is 1. The summed E-state index contributed by atoms with van der Waals surface area (Å²) >= 11 is 0. The number of rotatable bonds is 4. The zero-order chi connectivity index (χ0) is 12.1. The Bertz CT molecular complexity index is 325. The predicted octanol–water partition coefficient (Wildman–Crippen LogP) is 3.54. The third-order valence-electron chi connectivity index (χ3n) is 3.86. The first kappa shape index (κ1) is 12.6. The summed E-state index contributed by atoms with van der Waals surface area (Å²) in [6, 6.07) is 5.13. The fourth-order valence-electron chi connectivity index (χ4n) is 2.77. The zero-order valence-electron chi connectivity index (χ0n) is 11.2. The van der Waals surface area contributed by atoms with Crippen molar-refractivity contribution in [2.24, 2.45) is 0 Å². The summed E-state index contributed by atoms with van der Waals surface area (Å²) < 4.78 is 0. The first-order valence-electron chi connectivity index (χ1n) is 6.95. The molecule has 0 unspecified atom stereocenters. The maximum absolute atomic E-state index is 4.38. The molecular weight excluding hydrogens is 208 g/mol. The van der Waals surface area contributed by atoms with Crippen LogP contribution in [0.25, 0.3) is 0 Å². The van der Waals surface area contributed by atoms with Crippen LogP contribution in [0.2, 0.25) is 0 Å². The van der Waals surface area contributed by atoms with Gasteiger partial charge in [-0.25, -0.2) is 0 Å². The quantitative estimate of drug-likeness (QED) is 0.789. The highest BCUT2D eigenvalue weighted by atomic mass is 15.1. The van der Waals surface area contributed by atoms with Gasteiger partial charge in [-0.3, -0.25) is 9.88 Å². The average molecular weight is 232 g/mol. The molecule has 0 radical (unpaired) electrons. The molecule has 2 nitrogen and oxygen atoms in total. The van der Waals surface area contributed by atoms with Crippen molar-refractivity contribution in [2.45, 2.75) is 58.5 Å². The summed E-state index contributed by atoms with van der Waals surface area (Å²) in [5.74, 6) is 0. The normalized spacial score (nSPS) is 17.6. The van der Waals surface area contributed by atoms with Gasteiger partial charge >= 0.3 is 0 Å². The lowest BCUT2D eigenvalue weighted by molar-refractivity contribution is 0.156. The standard InChI is InChI=1S/C15H24N2/c1-3-17(15-7-5-4-6-8-15)12-14-10-9-13(2)16-11-14/h9-11,15H,3-8,12H2,1-2H3. The average Bonchev–Trinajstić information content (AvgIpc) is 2.39. The summed E-state index contributed by atoms with van der Waals surface area (Å²) in [5, 5.41) is 0. The second kappa shape index (κ2) is 6.15. The zero-order valence-corrected chi connectivity index (χ0v) is 11.2. The molecular formula is C15H24N2. The first-order chi connectivity index (χ1) is 8.29. The molecule has 1 fully saturated rings. The SMILES string of the molecule is CCN(Cc1ccc(C)nc1)C1CCCCC1. The maximum Gasteiger partial charge on any atom is 0.0372 e. The molecule has 0 bridgehead atoms. The molecule has 2 heteroatoms. The fourth-order valence-corrected chi connectivity index (χ4v) is 2.77. The van der Waals surface area contributed by atoms with Gasteiger partial charge in [0, 0.05) is 24.5 Å². The van der Waals surface area contributed by atoms with E-state index in [1.54, 1.807) is 0 Å². The molecule has 94 valence electrons. The Morgan fingerprint density at radius 1 is 1.24 bits per heavy atom. The number of aromatic nitrogens is 1. The minimum absolute atomic E-state index is 0.801. The highest BCUT2D eigenvalue weighted by Gasteiger charge is 2.19. The van der Waals surface area contributed by atoms with E-state index in [2.05, 4.69) is 28.9 Å². The Balaban J connectivity index is 1.96. The van der Waals surface area contributed by atoms with Gasteiger partial charge in [-0.1, -0.05) is 32.3 Å². The fraction of sp³-hybridized carbons (Fsp3) is 0.667. The lowest BCUT2D eigenvalue weighted by Crippen LogP contribution is -2.36. The molecule has 1 aliphatic rings. The highest BCUT2D eigenvalue weighted by molar-refractivity contribution is 5.13. The minimum Gasteiger partial charge on any atom is -0.296 e. The van der Waals surface area contributed by atoms with Crippen molar-refractivity contribution in [1.82, 2.24) is 9.88 Å². The number of nitrogens with zero attached hydrogens (tertiary/aromatic N) is 2. The Labute approximate surface area is 105 Å². The van der Waals surface area contributed by atoms with Crippen LogP contribution in [-0.2, 0) is 6.54 Å². The second-order valence-electron chi connectivity index (χ2n) is 5.16. The van der Waals surface area contributed by atoms with Crippen LogP contribution in [0.3, 0.4) is 0 Å². The molecule has 1 aliphatic carbocycles. The van der Waals surface area contributed by atoms with Crippen LogP contribution in [0, 0.1) is 6.92 Å². The summed E-state index contributed by atoms with van der Waals surface area (Å²) in [7, 11) is 0. The van der Waals surface area contributed by atoms with Crippen molar-refractivity contribution in [1.29, 1.82) is 0 Å². The van der Waals surface area contributed by atoms with Gasteiger partial charge in [0.05, 0.1) is 0 Å². The largest absolute Gasteiger partial charge is 0.296 e. The van der Waals surface area contributed by atoms with Crippen molar-refractivity contribution in [2.75, 3.05) is 6.54 Å². The topological polar surface area (TPSA) is 16.1 Å². The molecule has 1 heterocycles. The van der Waals surface area contributed by atoms with Crippen LogP contribution in [-0.4, -0.2) is 22.5 Å². The molecule has 1 aromatic rings. The lowest BCUT2D eigenvalue weighted by Gasteiger charge is -2.33. The van der Waals surface area contributed by atoms with E-state index in [0.29, 0.717) is 0 Å². The van der Waals surface area contributed by atoms with E-state index in [0.717, 1.165) is 24.8 Å². The van der Waals surface area contributed by atoms with Gasteiger partial charge in [0.1, 0.15) is 0 Å². The molecule has 0 atom stereocenters. The van der Waals surface area contributed by atoms with Gasteiger partial charge in [-0.2, -0.15) is 0 Å². The van der Waals surface area contributed by atoms with E-state index in [1.807, 2.05) is 13.1 Å². The molecule has 17 heavy (non-hydrogen) atoms. The third-order valence-corrected chi connectivity index (χ3v) is 3.86. The van der Waals surface area contributed by atoms with Gasteiger partial charge in [0.2, 0.25) is 0 Å². The van der Waals surface area contributed by atoms with Gasteiger partial charge in [-0.05, 0) is 37.9 Å². The van der Waals surface area contributed by atoms with Crippen molar-refractivity contribution in [3.63, 3.8) is 0 Å². The second-order valence-corrected chi connectivity index (χ2v) is 5.16. The third kappa shape index (κ3) is 3.53. The molecule has 2 rings (SSSR count). The van der Waals surface area contributed by atoms with E-state index in [1.165, 1.54) is 37.7 Å². The van der Waals surface area contributed by atoms with E-state index >= 15 is 0 Å². The summed E-state index contributed by atoms with van der Waals surface area (Å²) in [6.07, 6.45) is 9.04. The monoisotopic (exact) mass is 232 g/mol. The molecule has 0 aliphatic heterocycles. The van der Waals surface area contributed by atoms with Gasteiger partial charge in [0.25, 0.3) is 0 Å². The Hall–Kier alpha value is -0.890. The highest BCUT2D eigenvalue weighted by Crippen LogP contribution is 2.23. The van der Waals surface area contributed by atoms with E-state index in [-0.39, 0.29) is 0 Å². The molecule has 0 saturated heterocycles. The van der Waals surface area contributed by atoms with Crippen LogP contribution >= 0.6 is 0 Å². The molecule has 1 saturated carbocycles. The van der Waals surface area contributed by atoms with Crippen LogP contribution < -0.4 is 0 Å². The van der Waals surface area contributed by atoms with Gasteiger partial charge in [0.15, 0.2) is 0 Å². The number of hydrogen-bond acceptors (Lipinski definition) is 2. The van der Waals surface area contributed by atoms with Crippen LogP contribution in [0.4, 0.5) is 0 Å². The predicted molar refractivity (Wildman–Crippen MR) is 71.9 cm³/mol. The molecule has 0 spiro atoms. The van der Waals surface area contributed by atoms with Crippen molar-refractivity contribution in [3.05, 3.63) is 29.6 Å². The molecule has 0 N–H and O–H groups in total. The summed E-state index contributed by atoms with van der Waals surface area (Å²) in [4.78, 5) is 7.00. The van der Waals surface area contributed by atoms with Gasteiger partial charge in [-0.15, -0.1) is 0 Å². The first-order valence-corrected chi connectivity index (χ1v) is 6.95. The van der Waals surface area contributed by atoms with E-state index in [9.17, 15) is 0 Å². The Morgan fingerprint density at radius 3 is 2.59 bits per heavy atom. The summed E-state index contributed by atoms with van der Waals surface area (Å²) in [5.41, 5.74) is 2.46. The van der Waals surface area contributed by atoms with Gasteiger partial charge < -0.3 is 0 Å². The Kier molecular flexibility index (Phi) is 4.55. The maximum atomic E-state index is 4.38. The van der Waals surface area contributed by atoms with Crippen LogP contribution in [0.1, 0.15) is 50.3 Å². The van der Waals surface area contributed by atoms with Crippen LogP contribution in [0.15, 0.2) is 18.3 Å². The van der Waals surface area contributed by atoms with Crippen molar-refractivity contribution in [3.8, 4) is 0 Å². The van der Waals surface area contributed by atoms with Crippen LogP contribution in [0.5, 0.6) is 0 Å². The number of aryl methyl sites for hydroxylation is 1. The summed E-state index contributed by atoms with van der Waals surface area (Å²) in [6.45, 7) is 6.53. The van der Waals surface area contributed by atoms with Crippen molar-refractivity contribution >= 4 is 0 Å². The Morgan fingerprint density at radius 2 is 2.00 bits per heavy atom. The molecule has 0 aromatic carbocycles. The van der Waals surface area contributed by atoms with E-state index < -0.39 is 0 Å².